The van der Waals surface area contributed by atoms with Gasteiger partial charge in [-0.1, -0.05) is 36.4 Å². The summed E-state index contributed by atoms with van der Waals surface area (Å²) in [4.78, 5) is 28.8. The first-order chi connectivity index (χ1) is 17.4. The van der Waals surface area contributed by atoms with Crippen LogP contribution >= 0.6 is 0 Å². The molecule has 0 saturated heterocycles. The molecule has 0 aliphatic carbocycles. The zero-order valence-corrected chi connectivity index (χ0v) is 19.6. The summed E-state index contributed by atoms with van der Waals surface area (Å²) in [5.74, 6) is 0.513. The number of carbonyl (C=O) groups excluding carboxylic acids is 1. The van der Waals surface area contributed by atoms with Crippen LogP contribution in [0.4, 0.5) is 5.69 Å². The summed E-state index contributed by atoms with van der Waals surface area (Å²) in [5, 5.41) is 14.9. The van der Waals surface area contributed by atoms with Gasteiger partial charge in [0.25, 0.3) is 0 Å². The van der Waals surface area contributed by atoms with E-state index in [0.717, 1.165) is 0 Å². The van der Waals surface area contributed by atoms with Gasteiger partial charge in [-0.3, -0.25) is 10.1 Å². The maximum Gasteiger partial charge on any atom is 0.338 e. The van der Waals surface area contributed by atoms with Crippen molar-refractivity contribution in [1.29, 1.82) is 0 Å². The topological polar surface area (TPSA) is 138 Å². The van der Waals surface area contributed by atoms with Crippen LogP contribution in [-0.2, 0) is 9.53 Å². The lowest BCUT2D eigenvalue weighted by Crippen LogP contribution is -2.37. The van der Waals surface area contributed by atoms with Gasteiger partial charge in [0.1, 0.15) is 17.5 Å². The number of nitro benzene ring substituents is 1. The number of hydrogen-bond acceptors (Lipinski definition) is 9. The molecule has 4 rings (SSSR count). The summed E-state index contributed by atoms with van der Waals surface area (Å²) in [7, 11) is 1.54. The summed E-state index contributed by atoms with van der Waals surface area (Å²) in [6, 6.07) is 19.2. The number of ether oxygens (including phenoxy) is 3. The first-order valence-corrected chi connectivity index (χ1v) is 11.1. The minimum atomic E-state index is -0.936. The van der Waals surface area contributed by atoms with Crippen LogP contribution in [0.25, 0.3) is 5.70 Å². The van der Waals surface area contributed by atoms with Gasteiger partial charge in [0.15, 0.2) is 5.96 Å². The van der Waals surface area contributed by atoms with E-state index >= 15 is 0 Å². The Balaban J connectivity index is 1.79. The monoisotopic (exact) mass is 488 g/mol. The van der Waals surface area contributed by atoms with Crippen molar-refractivity contribution in [2.45, 2.75) is 13.0 Å². The van der Waals surface area contributed by atoms with Crippen LogP contribution in [0.1, 0.15) is 24.1 Å². The van der Waals surface area contributed by atoms with E-state index in [4.69, 9.17) is 19.9 Å². The number of nitro groups is 1. The van der Waals surface area contributed by atoms with Gasteiger partial charge in [-0.15, -0.1) is 0 Å². The molecule has 3 aromatic carbocycles. The number of benzene rings is 3. The Hall–Kier alpha value is -4.86. The third-order valence-electron chi connectivity index (χ3n) is 5.40. The molecule has 0 fully saturated rings. The summed E-state index contributed by atoms with van der Waals surface area (Å²) in [5.41, 5.74) is 7.46. The second-order valence-corrected chi connectivity index (χ2v) is 7.68. The highest BCUT2D eigenvalue weighted by Crippen LogP contribution is 2.39. The highest BCUT2D eigenvalue weighted by atomic mass is 16.6. The second kappa shape index (κ2) is 10.6. The standard InChI is InChI=1S/C26H24N4O6/c1-3-35-25(31)22-23(16-7-5-4-6-8-16)28-26(27)29-24(22)17-9-14-21(20(15-17)30(32)33)36-19-12-10-18(34-2)11-13-19/h4-15,24H,3H2,1-2H3,(H3,27,28,29). The van der Waals surface area contributed by atoms with E-state index in [0.29, 0.717) is 28.3 Å². The number of hydrogen-bond donors (Lipinski definition) is 2. The van der Waals surface area contributed by atoms with Crippen molar-refractivity contribution in [1.82, 2.24) is 5.32 Å². The summed E-state index contributed by atoms with van der Waals surface area (Å²) in [6.45, 7) is 1.84. The number of nitrogens with zero attached hydrogens (tertiary/aromatic N) is 2. The molecule has 0 bridgehead atoms. The fraction of sp³-hybridized carbons (Fsp3) is 0.154. The maximum atomic E-state index is 13.1. The predicted octanol–water partition coefficient (Wildman–Crippen LogP) is 4.33. The van der Waals surface area contributed by atoms with Crippen LogP contribution in [0.15, 0.2) is 83.4 Å². The largest absolute Gasteiger partial charge is 0.497 e. The molecule has 36 heavy (non-hydrogen) atoms. The van der Waals surface area contributed by atoms with Gasteiger partial charge in [-0.05, 0) is 48.4 Å². The summed E-state index contributed by atoms with van der Waals surface area (Å²) >= 11 is 0. The molecule has 0 saturated carbocycles. The number of carbonyl (C=O) groups is 1. The van der Waals surface area contributed by atoms with Crippen molar-refractivity contribution < 1.29 is 23.9 Å². The van der Waals surface area contributed by atoms with Crippen LogP contribution in [0.3, 0.4) is 0 Å². The molecule has 0 spiro atoms. The van der Waals surface area contributed by atoms with Crippen LogP contribution < -0.4 is 20.5 Å². The molecule has 1 aliphatic heterocycles. The molecule has 1 atom stereocenters. The zero-order chi connectivity index (χ0) is 25.7. The van der Waals surface area contributed by atoms with E-state index in [1.807, 2.05) is 30.3 Å². The zero-order valence-electron chi connectivity index (χ0n) is 19.6. The average molecular weight is 489 g/mol. The number of methoxy groups -OCH3 is 1. The molecular weight excluding hydrogens is 464 g/mol. The van der Waals surface area contributed by atoms with Crippen LogP contribution in [0, 0.1) is 10.1 Å². The lowest BCUT2D eigenvalue weighted by Gasteiger charge is -2.26. The van der Waals surface area contributed by atoms with E-state index in [-0.39, 0.29) is 29.6 Å². The third kappa shape index (κ3) is 5.12. The highest BCUT2D eigenvalue weighted by Gasteiger charge is 2.33. The summed E-state index contributed by atoms with van der Waals surface area (Å²) in [6.07, 6.45) is 0. The SMILES string of the molecule is CCOC(=O)C1=C(c2ccccc2)NC(N)=NC1c1ccc(Oc2ccc(OC)cc2)c([N+](=O)[O-])c1. The molecule has 3 N–H and O–H groups in total. The van der Waals surface area contributed by atoms with Crippen LogP contribution in [0.2, 0.25) is 0 Å². The predicted molar refractivity (Wildman–Crippen MR) is 134 cm³/mol. The van der Waals surface area contributed by atoms with E-state index in [1.165, 1.54) is 19.2 Å². The van der Waals surface area contributed by atoms with Crippen molar-refractivity contribution >= 4 is 23.3 Å². The van der Waals surface area contributed by atoms with Gasteiger partial charge in [-0.25, -0.2) is 9.79 Å². The fourth-order valence-corrected chi connectivity index (χ4v) is 3.77. The Bertz CT molecular complexity index is 1340. The molecule has 1 heterocycles. The van der Waals surface area contributed by atoms with Crippen molar-refractivity contribution in [2.24, 2.45) is 10.7 Å². The Morgan fingerprint density at radius 2 is 1.78 bits per heavy atom. The molecule has 1 unspecified atom stereocenters. The first kappa shape index (κ1) is 24.3. The quantitative estimate of drug-likeness (QED) is 0.271. The number of guanidine groups is 1. The molecule has 0 radical (unpaired) electrons. The number of nitrogens with two attached hydrogens (primary N) is 1. The lowest BCUT2D eigenvalue weighted by atomic mass is 9.93. The van der Waals surface area contributed by atoms with Gasteiger partial charge >= 0.3 is 11.7 Å². The van der Waals surface area contributed by atoms with E-state index in [9.17, 15) is 14.9 Å². The van der Waals surface area contributed by atoms with E-state index in [2.05, 4.69) is 10.3 Å². The molecular formula is C26H24N4O6. The molecule has 184 valence electrons. The molecule has 10 heteroatoms. The number of nitrogens with one attached hydrogen (secondary N) is 1. The van der Waals surface area contributed by atoms with Crippen molar-refractivity contribution in [3.05, 3.63) is 99.6 Å². The number of rotatable bonds is 8. The smallest absolute Gasteiger partial charge is 0.338 e. The highest BCUT2D eigenvalue weighted by molar-refractivity contribution is 6.04. The van der Waals surface area contributed by atoms with Crippen molar-refractivity contribution in [3.8, 4) is 17.2 Å². The Morgan fingerprint density at radius 3 is 2.42 bits per heavy atom. The number of aliphatic imine (C=N–C) groups is 1. The fourth-order valence-electron chi connectivity index (χ4n) is 3.77. The molecule has 10 nitrogen and oxygen atoms in total. The Morgan fingerprint density at radius 1 is 1.08 bits per heavy atom. The maximum absolute atomic E-state index is 13.1. The van der Waals surface area contributed by atoms with Crippen LogP contribution in [0.5, 0.6) is 17.2 Å². The minimum absolute atomic E-state index is 0.0322. The van der Waals surface area contributed by atoms with Crippen molar-refractivity contribution in [3.63, 3.8) is 0 Å². The van der Waals surface area contributed by atoms with Gasteiger partial charge in [0, 0.05) is 6.07 Å². The molecule has 3 aromatic rings. The normalized spacial score (nSPS) is 14.9. The number of esters is 1. The average Bonchev–Trinajstić information content (AvgIpc) is 2.89. The summed E-state index contributed by atoms with van der Waals surface area (Å²) < 4.78 is 16.2. The van der Waals surface area contributed by atoms with Gasteiger partial charge in [0.05, 0.1) is 29.9 Å². The van der Waals surface area contributed by atoms with Crippen molar-refractivity contribution in [2.75, 3.05) is 13.7 Å². The van der Waals surface area contributed by atoms with Gasteiger partial charge in [-0.2, -0.15) is 0 Å². The molecule has 1 aliphatic rings. The van der Waals surface area contributed by atoms with Gasteiger partial charge in [0.2, 0.25) is 5.75 Å². The minimum Gasteiger partial charge on any atom is -0.497 e. The van der Waals surface area contributed by atoms with Crippen LogP contribution in [-0.4, -0.2) is 30.6 Å². The third-order valence-corrected chi connectivity index (χ3v) is 5.40. The Kier molecular flexibility index (Phi) is 7.15. The second-order valence-electron chi connectivity index (χ2n) is 7.68. The van der Waals surface area contributed by atoms with E-state index in [1.54, 1.807) is 37.3 Å². The van der Waals surface area contributed by atoms with E-state index < -0.39 is 16.9 Å². The lowest BCUT2D eigenvalue weighted by molar-refractivity contribution is -0.385. The molecule has 0 amide bonds. The molecule has 0 aromatic heterocycles. The Labute approximate surface area is 207 Å². The van der Waals surface area contributed by atoms with Gasteiger partial charge < -0.3 is 25.3 Å². The first-order valence-electron chi connectivity index (χ1n) is 11.1.